The molecule has 0 rings (SSSR count). The van der Waals surface area contributed by atoms with Crippen LogP contribution in [-0.2, 0) is 0 Å². The molecular formula is C14H29. The van der Waals surface area contributed by atoms with E-state index in [1.54, 1.807) is 0 Å². The summed E-state index contributed by atoms with van der Waals surface area (Å²) < 4.78 is 0. The van der Waals surface area contributed by atoms with Crippen LogP contribution in [0.3, 0.4) is 0 Å². The number of hydrogen-bond acceptors (Lipinski definition) is 0. The molecule has 2 unspecified atom stereocenters. The molecule has 2 atom stereocenters. The van der Waals surface area contributed by atoms with Crippen LogP contribution in [0.15, 0.2) is 0 Å². The van der Waals surface area contributed by atoms with E-state index in [1.807, 2.05) is 0 Å². The molecule has 0 saturated heterocycles. The second-order valence-corrected chi connectivity index (χ2v) is 4.79. The molecule has 85 valence electrons. The highest BCUT2D eigenvalue weighted by atomic mass is 14.1. The second-order valence-electron chi connectivity index (χ2n) is 4.79. The van der Waals surface area contributed by atoms with Crippen molar-refractivity contribution in [3.05, 3.63) is 6.42 Å². The smallest absolute Gasteiger partial charge is 0.0329 e. The fraction of sp³-hybridized carbons (Fsp3) is 0.929. The van der Waals surface area contributed by atoms with Crippen molar-refractivity contribution >= 4 is 0 Å². The van der Waals surface area contributed by atoms with Gasteiger partial charge in [-0.05, 0) is 18.3 Å². The molecule has 0 amide bonds. The maximum atomic E-state index is 2.56. The van der Waals surface area contributed by atoms with Gasteiger partial charge in [0.15, 0.2) is 0 Å². The van der Waals surface area contributed by atoms with Crippen molar-refractivity contribution in [1.29, 1.82) is 0 Å². The van der Waals surface area contributed by atoms with Gasteiger partial charge in [-0.25, -0.2) is 0 Å². The molecule has 0 fully saturated rings. The molecule has 14 heavy (non-hydrogen) atoms. The molecular weight excluding hydrogens is 168 g/mol. The number of hydrogen-bond donors (Lipinski definition) is 0. The van der Waals surface area contributed by atoms with Crippen LogP contribution in [0.2, 0.25) is 0 Å². The van der Waals surface area contributed by atoms with Crippen molar-refractivity contribution in [2.75, 3.05) is 0 Å². The Labute approximate surface area is 91.5 Å². The maximum absolute atomic E-state index is 2.56. The summed E-state index contributed by atoms with van der Waals surface area (Å²) >= 11 is 0. The van der Waals surface area contributed by atoms with Crippen LogP contribution in [0.1, 0.15) is 72.6 Å². The summed E-state index contributed by atoms with van der Waals surface area (Å²) in [5.74, 6) is 1.65. The molecule has 0 saturated carbocycles. The fourth-order valence-corrected chi connectivity index (χ4v) is 2.00. The fourth-order valence-electron chi connectivity index (χ4n) is 2.00. The summed E-state index contributed by atoms with van der Waals surface area (Å²) in [6, 6.07) is 0. The SMILES string of the molecule is CCCCCC(C)[CH]C(C)CCCC. The largest absolute Gasteiger partial charge is 0.0654 e. The first kappa shape index (κ1) is 14.0. The standard InChI is InChI=1S/C14H29/c1-5-7-9-11-14(4)12-13(3)10-8-6-2/h12-14H,5-11H2,1-4H3. The third-order valence-electron chi connectivity index (χ3n) is 2.93. The van der Waals surface area contributed by atoms with Gasteiger partial charge < -0.3 is 0 Å². The van der Waals surface area contributed by atoms with Crippen LogP contribution in [0.25, 0.3) is 0 Å². The first-order valence-corrected chi connectivity index (χ1v) is 6.55. The monoisotopic (exact) mass is 197 g/mol. The van der Waals surface area contributed by atoms with Crippen LogP contribution in [0, 0.1) is 18.3 Å². The van der Waals surface area contributed by atoms with Crippen LogP contribution in [0.4, 0.5) is 0 Å². The Bertz CT molecular complexity index is 107. The van der Waals surface area contributed by atoms with Gasteiger partial charge in [0, 0.05) is 0 Å². The van der Waals surface area contributed by atoms with Crippen molar-refractivity contribution in [1.82, 2.24) is 0 Å². The highest BCUT2D eigenvalue weighted by Crippen LogP contribution is 2.20. The maximum Gasteiger partial charge on any atom is -0.0329 e. The van der Waals surface area contributed by atoms with Crippen molar-refractivity contribution in [2.45, 2.75) is 72.6 Å². The van der Waals surface area contributed by atoms with Crippen molar-refractivity contribution in [3.63, 3.8) is 0 Å². The molecule has 0 bridgehead atoms. The summed E-state index contributed by atoms with van der Waals surface area (Å²) in [7, 11) is 0. The molecule has 0 aromatic heterocycles. The minimum absolute atomic E-state index is 0.826. The minimum atomic E-state index is 0.826. The lowest BCUT2D eigenvalue weighted by atomic mass is 9.90. The van der Waals surface area contributed by atoms with Crippen LogP contribution in [-0.4, -0.2) is 0 Å². The van der Waals surface area contributed by atoms with Gasteiger partial charge in [0.2, 0.25) is 0 Å². The molecule has 0 nitrogen and oxygen atoms in total. The van der Waals surface area contributed by atoms with Gasteiger partial charge in [0.25, 0.3) is 0 Å². The molecule has 1 radical (unpaired) electrons. The zero-order chi connectivity index (χ0) is 10.8. The van der Waals surface area contributed by atoms with Crippen molar-refractivity contribution in [3.8, 4) is 0 Å². The van der Waals surface area contributed by atoms with Gasteiger partial charge in [0.05, 0.1) is 0 Å². The van der Waals surface area contributed by atoms with Gasteiger partial charge in [-0.2, -0.15) is 0 Å². The third-order valence-corrected chi connectivity index (χ3v) is 2.93. The van der Waals surface area contributed by atoms with Gasteiger partial charge in [0.1, 0.15) is 0 Å². The average molecular weight is 197 g/mol. The Morgan fingerprint density at radius 2 is 1.29 bits per heavy atom. The molecule has 0 spiro atoms. The van der Waals surface area contributed by atoms with Crippen LogP contribution < -0.4 is 0 Å². The number of rotatable bonds is 9. The van der Waals surface area contributed by atoms with Crippen LogP contribution in [0.5, 0.6) is 0 Å². The minimum Gasteiger partial charge on any atom is -0.0654 e. The van der Waals surface area contributed by atoms with Gasteiger partial charge >= 0.3 is 0 Å². The summed E-state index contributed by atoms with van der Waals surface area (Å²) in [6.07, 6.45) is 12.2. The van der Waals surface area contributed by atoms with Gasteiger partial charge in [-0.1, -0.05) is 72.6 Å². The molecule has 0 heteroatoms. The molecule has 0 aliphatic carbocycles. The van der Waals surface area contributed by atoms with Crippen LogP contribution >= 0.6 is 0 Å². The average Bonchev–Trinajstić information content (AvgIpc) is 2.15. The normalized spacial score (nSPS) is 15.4. The lowest BCUT2D eigenvalue weighted by Crippen LogP contribution is -2.04. The Morgan fingerprint density at radius 3 is 1.79 bits per heavy atom. The molecule has 0 aromatic carbocycles. The highest BCUT2D eigenvalue weighted by molar-refractivity contribution is 4.78. The summed E-state index contributed by atoms with van der Waals surface area (Å²) in [5.41, 5.74) is 0. The molecule has 0 aliphatic rings. The van der Waals surface area contributed by atoms with Crippen molar-refractivity contribution < 1.29 is 0 Å². The molecule has 0 heterocycles. The Hall–Kier alpha value is 0. The lowest BCUT2D eigenvalue weighted by molar-refractivity contribution is 0.461. The Kier molecular flexibility index (Phi) is 9.55. The predicted molar refractivity (Wildman–Crippen MR) is 66.3 cm³/mol. The van der Waals surface area contributed by atoms with E-state index in [0.29, 0.717) is 0 Å². The van der Waals surface area contributed by atoms with E-state index in [2.05, 4.69) is 34.1 Å². The van der Waals surface area contributed by atoms with Gasteiger partial charge in [-0.3, -0.25) is 0 Å². The lowest BCUT2D eigenvalue weighted by Gasteiger charge is -2.16. The van der Waals surface area contributed by atoms with E-state index >= 15 is 0 Å². The summed E-state index contributed by atoms with van der Waals surface area (Å²) in [6.45, 7) is 9.29. The topological polar surface area (TPSA) is 0 Å². The molecule has 0 N–H and O–H groups in total. The zero-order valence-electron chi connectivity index (χ0n) is 10.7. The third kappa shape index (κ3) is 8.59. The van der Waals surface area contributed by atoms with E-state index in [0.717, 1.165) is 11.8 Å². The van der Waals surface area contributed by atoms with E-state index in [9.17, 15) is 0 Å². The summed E-state index contributed by atoms with van der Waals surface area (Å²) in [4.78, 5) is 0. The summed E-state index contributed by atoms with van der Waals surface area (Å²) in [5, 5.41) is 0. The van der Waals surface area contributed by atoms with E-state index in [1.165, 1.54) is 44.9 Å². The predicted octanol–water partition coefficient (Wildman–Crippen LogP) is 5.23. The van der Waals surface area contributed by atoms with E-state index in [-0.39, 0.29) is 0 Å². The molecule has 0 aromatic rings. The first-order valence-electron chi connectivity index (χ1n) is 6.55. The van der Waals surface area contributed by atoms with Crippen molar-refractivity contribution in [2.24, 2.45) is 11.8 Å². The Balaban J connectivity index is 3.35. The van der Waals surface area contributed by atoms with E-state index in [4.69, 9.17) is 0 Å². The molecule has 0 aliphatic heterocycles. The second kappa shape index (κ2) is 9.55. The highest BCUT2D eigenvalue weighted by Gasteiger charge is 2.08. The van der Waals surface area contributed by atoms with Gasteiger partial charge in [-0.15, -0.1) is 0 Å². The quantitative estimate of drug-likeness (QED) is 0.444. The first-order chi connectivity index (χ1) is 6.70. The van der Waals surface area contributed by atoms with E-state index < -0.39 is 0 Å². The number of unbranched alkanes of at least 4 members (excludes halogenated alkanes) is 3. The Morgan fingerprint density at radius 1 is 0.786 bits per heavy atom. The zero-order valence-corrected chi connectivity index (χ0v) is 10.7.